The van der Waals surface area contributed by atoms with Crippen LogP contribution in [0.15, 0.2) is 24.3 Å². The first-order chi connectivity index (χ1) is 9.45. The molecule has 1 aromatic rings. The zero-order valence-corrected chi connectivity index (χ0v) is 11.8. The maximum Gasteiger partial charge on any atom is 0.387 e. The molecule has 6 nitrogen and oxygen atoms in total. The fraction of sp³-hybridized carbons (Fsp3) is 0.500. The number of fused-ring (bicyclic) bond motifs is 1. The van der Waals surface area contributed by atoms with Crippen LogP contribution in [0, 0.1) is 10.1 Å². The standard InChI is InChI=1S/C14H18N2O4/c1-4-20-13(17)14(16(18)19)9-11-7-5-6-8-12(11)15(3)10(14)2/h5-8,10H,4,9H2,1-3H3. The number of carbonyl (C=O) groups is 1. The summed E-state index contributed by atoms with van der Waals surface area (Å²) < 4.78 is 4.97. The van der Waals surface area contributed by atoms with E-state index >= 15 is 0 Å². The van der Waals surface area contributed by atoms with Crippen molar-refractivity contribution in [3.8, 4) is 0 Å². The van der Waals surface area contributed by atoms with E-state index in [0.717, 1.165) is 11.3 Å². The lowest BCUT2D eigenvalue weighted by Crippen LogP contribution is -2.64. The van der Waals surface area contributed by atoms with Crippen molar-refractivity contribution in [3.05, 3.63) is 39.9 Å². The molecule has 0 aliphatic carbocycles. The van der Waals surface area contributed by atoms with E-state index in [4.69, 9.17) is 4.74 Å². The predicted octanol–water partition coefficient (Wildman–Crippen LogP) is 1.65. The van der Waals surface area contributed by atoms with Gasteiger partial charge in [-0.05, 0) is 25.5 Å². The highest BCUT2D eigenvalue weighted by atomic mass is 16.6. The third-order valence-corrected chi connectivity index (χ3v) is 4.06. The number of nitro groups is 1. The van der Waals surface area contributed by atoms with Gasteiger partial charge in [0.25, 0.3) is 0 Å². The number of ether oxygens (including phenoxy) is 1. The van der Waals surface area contributed by atoms with Gasteiger partial charge in [0.2, 0.25) is 0 Å². The smallest absolute Gasteiger partial charge is 0.387 e. The molecule has 20 heavy (non-hydrogen) atoms. The van der Waals surface area contributed by atoms with Crippen LogP contribution in [0.5, 0.6) is 0 Å². The minimum Gasteiger partial charge on any atom is -0.461 e. The van der Waals surface area contributed by atoms with Crippen LogP contribution in [-0.2, 0) is 16.0 Å². The Morgan fingerprint density at radius 1 is 1.55 bits per heavy atom. The predicted molar refractivity (Wildman–Crippen MR) is 74.4 cm³/mol. The molecule has 1 heterocycles. The number of benzene rings is 1. The maximum absolute atomic E-state index is 12.2. The first-order valence-electron chi connectivity index (χ1n) is 6.57. The average molecular weight is 278 g/mol. The van der Waals surface area contributed by atoms with Gasteiger partial charge in [0.05, 0.1) is 13.0 Å². The van der Waals surface area contributed by atoms with Crippen LogP contribution in [0.2, 0.25) is 0 Å². The number of nitrogens with zero attached hydrogens (tertiary/aromatic N) is 2. The Labute approximate surface area is 117 Å². The highest BCUT2D eigenvalue weighted by Crippen LogP contribution is 2.37. The lowest BCUT2D eigenvalue weighted by Gasteiger charge is -2.41. The molecule has 2 rings (SSSR count). The summed E-state index contributed by atoms with van der Waals surface area (Å²) in [4.78, 5) is 25.2. The summed E-state index contributed by atoms with van der Waals surface area (Å²) in [5.41, 5.74) is -0.0429. The Kier molecular flexibility index (Phi) is 3.65. The van der Waals surface area contributed by atoms with Crippen LogP contribution in [0.4, 0.5) is 5.69 Å². The third kappa shape index (κ3) is 1.92. The molecule has 0 saturated heterocycles. The molecule has 0 N–H and O–H groups in total. The second kappa shape index (κ2) is 5.11. The molecule has 0 fully saturated rings. The van der Waals surface area contributed by atoms with E-state index in [0.29, 0.717) is 0 Å². The van der Waals surface area contributed by atoms with E-state index in [-0.39, 0.29) is 13.0 Å². The SMILES string of the molecule is CCOC(=O)C1([N+](=O)[O-])Cc2ccccc2N(C)C1C. The molecule has 2 unspecified atom stereocenters. The van der Waals surface area contributed by atoms with E-state index in [1.807, 2.05) is 24.3 Å². The molecule has 1 aliphatic heterocycles. The summed E-state index contributed by atoms with van der Waals surface area (Å²) in [6.07, 6.45) is 0.0561. The summed E-state index contributed by atoms with van der Waals surface area (Å²) in [6.45, 7) is 3.47. The topological polar surface area (TPSA) is 72.7 Å². The second-order valence-electron chi connectivity index (χ2n) is 4.99. The largest absolute Gasteiger partial charge is 0.461 e. The monoisotopic (exact) mass is 278 g/mol. The van der Waals surface area contributed by atoms with Crippen LogP contribution < -0.4 is 4.90 Å². The van der Waals surface area contributed by atoms with Crippen molar-refractivity contribution in [1.82, 2.24) is 0 Å². The van der Waals surface area contributed by atoms with Crippen molar-refractivity contribution in [2.45, 2.75) is 31.8 Å². The van der Waals surface area contributed by atoms with Crippen molar-refractivity contribution in [1.29, 1.82) is 0 Å². The maximum atomic E-state index is 12.2. The minimum atomic E-state index is -1.75. The number of likely N-dealkylation sites (N-methyl/N-ethyl adjacent to an activating group) is 1. The number of carbonyl (C=O) groups excluding carboxylic acids is 1. The van der Waals surface area contributed by atoms with E-state index in [1.54, 1.807) is 25.8 Å². The number of hydrogen-bond acceptors (Lipinski definition) is 5. The number of anilines is 1. The summed E-state index contributed by atoms with van der Waals surface area (Å²) >= 11 is 0. The van der Waals surface area contributed by atoms with Gasteiger partial charge in [-0.15, -0.1) is 0 Å². The lowest BCUT2D eigenvalue weighted by atomic mass is 9.80. The molecule has 2 atom stereocenters. The van der Waals surface area contributed by atoms with Crippen molar-refractivity contribution in [2.75, 3.05) is 18.6 Å². The van der Waals surface area contributed by atoms with Crippen LogP contribution in [0.3, 0.4) is 0 Å². The zero-order chi connectivity index (χ0) is 14.9. The lowest BCUT2D eigenvalue weighted by molar-refractivity contribution is -0.558. The van der Waals surface area contributed by atoms with Gasteiger partial charge in [-0.2, -0.15) is 0 Å². The molecule has 0 saturated carbocycles. The summed E-state index contributed by atoms with van der Waals surface area (Å²) in [5.74, 6) is -0.765. The molecule has 0 aromatic heterocycles. The molecule has 0 radical (unpaired) electrons. The first kappa shape index (κ1) is 14.3. The molecule has 6 heteroatoms. The van der Waals surface area contributed by atoms with Crippen LogP contribution in [0.1, 0.15) is 19.4 Å². The molecule has 0 bridgehead atoms. The Hall–Kier alpha value is -2.11. The number of esters is 1. The highest BCUT2D eigenvalue weighted by molar-refractivity contribution is 5.83. The van der Waals surface area contributed by atoms with E-state index in [2.05, 4.69) is 0 Å². The minimum absolute atomic E-state index is 0.0561. The Bertz CT molecular complexity index is 546. The van der Waals surface area contributed by atoms with E-state index < -0.39 is 22.5 Å². The van der Waals surface area contributed by atoms with Crippen molar-refractivity contribution >= 4 is 11.7 Å². The van der Waals surface area contributed by atoms with Gasteiger partial charge >= 0.3 is 11.5 Å². The first-order valence-corrected chi connectivity index (χ1v) is 6.57. The Morgan fingerprint density at radius 3 is 2.80 bits per heavy atom. The fourth-order valence-electron chi connectivity index (χ4n) is 2.76. The summed E-state index contributed by atoms with van der Waals surface area (Å²) in [6, 6.07) is 6.84. The third-order valence-electron chi connectivity index (χ3n) is 4.06. The quantitative estimate of drug-likeness (QED) is 0.477. The molecule has 1 aliphatic rings. The molecule has 1 aromatic carbocycles. The van der Waals surface area contributed by atoms with Crippen molar-refractivity contribution in [3.63, 3.8) is 0 Å². The zero-order valence-electron chi connectivity index (χ0n) is 11.8. The Balaban J connectivity index is 2.55. The van der Waals surface area contributed by atoms with Gasteiger partial charge in [0.15, 0.2) is 0 Å². The molecule has 0 amide bonds. The van der Waals surface area contributed by atoms with Crippen molar-refractivity contribution < 1.29 is 14.5 Å². The van der Waals surface area contributed by atoms with Gasteiger partial charge in [-0.3, -0.25) is 10.1 Å². The average Bonchev–Trinajstić information content (AvgIpc) is 2.42. The van der Waals surface area contributed by atoms with E-state index in [1.165, 1.54) is 0 Å². The van der Waals surface area contributed by atoms with Gasteiger partial charge in [-0.1, -0.05) is 18.2 Å². The van der Waals surface area contributed by atoms with Gasteiger partial charge in [0.1, 0.15) is 6.04 Å². The van der Waals surface area contributed by atoms with Crippen LogP contribution >= 0.6 is 0 Å². The molecular formula is C14H18N2O4. The molecular weight excluding hydrogens is 260 g/mol. The van der Waals surface area contributed by atoms with Gasteiger partial charge in [0, 0.05) is 17.7 Å². The Morgan fingerprint density at radius 2 is 2.20 bits per heavy atom. The normalized spacial score (nSPS) is 24.9. The molecule has 0 spiro atoms. The van der Waals surface area contributed by atoms with Crippen LogP contribution in [0.25, 0.3) is 0 Å². The molecule has 108 valence electrons. The number of hydrogen-bond donors (Lipinski definition) is 0. The number of para-hydroxylation sites is 1. The summed E-state index contributed by atoms with van der Waals surface area (Å²) in [7, 11) is 1.76. The fourth-order valence-corrected chi connectivity index (χ4v) is 2.76. The highest BCUT2D eigenvalue weighted by Gasteiger charge is 2.61. The summed E-state index contributed by atoms with van der Waals surface area (Å²) in [5, 5.41) is 11.6. The number of rotatable bonds is 3. The van der Waals surface area contributed by atoms with Gasteiger partial charge in [-0.25, -0.2) is 4.79 Å². The van der Waals surface area contributed by atoms with E-state index in [9.17, 15) is 14.9 Å². The second-order valence-corrected chi connectivity index (χ2v) is 4.99. The van der Waals surface area contributed by atoms with Crippen LogP contribution in [-0.4, -0.2) is 36.1 Å². The van der Waals surface area contributed by atoms with Crippen molar-refractivity contribution in [2.24, 2.45) is 0 Å². The van der Waals surface area contributed by atoms with Gasteiger partial charge < -0.3 is 9.64 Å².